The summed E-state index contributed by atoms with van der Waals surface area (Å²) in [5.74, 6) is 0.305. The maximum absolute atomic E-state index is 9.43. The summed E-state index contributed by atoms with van der Waals surface area (Å²) in [6.45, 7) is 2.20. The molecular weight excluding hydrogens is 172 g/mol. The number of benzene rings is 1. The predicted octanol–water partition coefficient (Wildman–Crippen LogP) is 3.79. The smallest absolute Gasteiger partial charge is 0.123 e. The Hall–Kier alpha value is -1.24. The van der Waals surface area contributed by atoms with Crippen molar-refractivity contribution < 1.29 is 5.11 Å². The first-order valence-corrected chi connectivity index (χ1v) is 5.20. The summed E-state index contributed by atoms with van der Waals surface area (Å²) in [6.07, 6.45) is 8.93. The summed E-state index contributed by atoms with van der Waals surface area (Å²) < 4.78 is 0. The van der Waals surface area contributed by atoms with Gasteiger partial charge in [0.1, 0.15) is 5.75 Å². The first kappa shape index (κ1) is 10.8. The fraction of sp³-hybridized carbons (Fsp3) is 0.385. The topological polar surface area (TPSA) is 20.2 Å². The third kappa shape index (κ3) is 3.65. The molecule has 0 aliphatic carbocycles. The van der Waals surface area contributed by atoms with Crippen molar-refractivity contribution in [3.05, 3.63) is 35.9 Å². The molecule has 1 aromatic rings. The summed E-state index contributed by atoms with van der Waals surface area (Å²) in [5.41, 5.74) is 0.875. The van der Waals surface area contributed by atoms with Crippen molar-refractivity contribution in [1.29, 1.82) is 0 Å². The van der Waals surface area contributed by atoms with Gasteiger partial charge < -0.3 is 5.11 Å². The molecule has 0 atom stereocenters. The van der Waals surface area contributed by atoms with Gasteiger partial charge in [-0.25, -0.2) is 0 Å². The molecule has 1 nitrogen and oxygen atoms in total. The second-order valence-electron chi connectivity index (χ2n) is 3.38. The van der Waals surface area contributed by atoms with E-state index in [9.17, 15) is 5.11 Å². The first-order valence-electron chi connectivity index (χ1n) is 5.20. The Morgan fingerprint density at radius 1 is 1.43 bits per heavy atom. The molecule has 0 unspecified atom stereocenters. The number of phenolic OH excluding ortho intramolecular Hbond substituents is 1. The molecule has 14 heavy (non-hydrogen) atoms. The lowest BCUT2D eigenvalue weighted by Crippen LogP contribution is -1.74. The zero-order chi connectivity index (χ0) is 10.2. The van der Waals surface area contributed by atoms with Crippen LogP contribution in [0, 0.1) is 6.07 Å². The molecule has 0 amide bonds. The zero-order valence-electron chi connectivity index (χ0n) is 8.66. The van der Waals surface area contributed by atoms with E-state index in [2.05, 4.69) is 19.1 Å². The third-order valence-electron chi connectivity index (χ3n) is 2.15. The molecule has 1 aromatic carbocycles. The van der Waals surface area contributed by atoms with E-state index in [4.69, 9.17) is 0 Å². The van der Waals surface area contributed by atoms with Crippen LogP contribution in [0.2, 0.25) is 0 Å². The van der Waals surface area contributed by atoms with Gasteiger partial charge in [0.25, 0.3) is 0 Å². The minimum absolute atomic E-state index is 0.305. The molecule has 0 aromatic heterocycles. The lowest BCUT2D eigenvalue weighted by atomic mass is 10.1. The molecule has 0 spiro atoms. The Labute approximate surface area is 86.1 Å². The van der Waals surface area contributed by atoms with Gasteiger partial charge in [0, 0.05) is 5.56 Å². The van der Waals surface area contributed by atoms with Crippen LogP contribution >= 0.6 is 0 Å². The fourth-order valence-electron chi connectivity index (χ4n) is 1.30. The fourth-order valence-corrected chi connectivity index (χ4v) is 1.30. The third-order valence-corrected chi connectivity index (χ3v) is 2.15. The number of unbranched alkanes of at least 4 members (excludes halogenated alkanes) is 3. The molecule has 0 fully saturated rings. The van der Waals surface area contributed by atoms with Gasteiger partial charge in [0.05, 0.1) is 0 Å². The van der Waals surface area contributed by atoms with Gasteiger partial charge >= 0.3 is 0 Å². The molecule has 0 aliphatic rings. The van der Waals surface area contributed by atoms with E-state index >= 15 is 0 Å². The summed E-state index contributed by atoms with van der Waals surface area (Å²) in [7, 11) is 0. The Kier molecular flexibility index (Phi) is 4.84. The molecule has 0 heterocycles. The van der Waals surface area contributed by atoms with E-state index < -0.39 is 0 Å². The Balaban J connectivity index is 2.40. The number of allylic oxidation sites excluding steroid dienone is 1. The van der Waals surface area contributed by atoms with Gasteiger partial charge in [0.2, 0.25) is 0 Å². The molecule has 1 rings (SSSR count). The molecule has 0 bridgehead atoms. The summed E-state index contributed by atoms with van der Waals surface area (Å²) in [4.78, 5) is 0. The second-order valence-corrected chi connectivity index (χ2v) is 3.38. The van der Waals surface area contributed by atoms with Crippen molar-refractivity contribution >= 4 is 6.08 Å². The maximum atomic E-state index is 9.43. The van der Waals surface area contributed by atoms with Crippen molar-refractivity contribution in [1.82, 2.24) is 0 Å². The van der Waals surface area contributed by atoms with E-state index in [1.165, 1.54) is 19.3 Å². The average Bonchev–Trinajstić information content (AvgIpc) is 2.20. The molecular formula is C13H17O. The highest BCUT2D eigenvalue weighted by Gasteiger charge is 1.92. The number of aromatic hydroxyl groups is 1. The minimum Gasteiger partial charge on any atom is -0.507 e. The van der Waals surface area contributed by atoms with Crippen molar-refractivity contribution in [2.24, 2.45) is 0 Å². The highest BCUT2D eigenvalue weighted by Crippen LogP contribution is 2.17. The molecule has 1 radical (unpaired) electrons. The van der Waals surface area contributed by atoms with E-state index in [0.29, 0.717) is 5.75 Å². The number of phenols is 1. The minimum atomic E-state index is 0.305. The van der Waals surface area contributed by atoms with Crippen LogP contribution in [0.3, 0.4) is 0 Å². The van der Waals surface area contributed by atoms with Crippen LogP contribution in [0.15, 0.2) is 24.3 Å². The molecule has 75 valence electrons. The van der Waals surface area contributed by atoms with Crippen LogP contribution in [0.25, 0.3) is 6.08 Å². The number of hydrogen-bond donors (Lipinski definition) is 1. The van der Waals surface area contributed by atoms with Crippen LogP contribution in [-0.2, 0) is 0 Å². The molecule has 0 saturated heterocycles. The van der Waals surface area contributed by atoms with Crippen molar-refractivity contribution in [2.75, 3.05) is 0 Å². The molecule has 0 saturated carbocycles. The Morgan fingerprint density at radius 2 is 2.29 bits per heavy atom. The largest absolute Gasteiger partial charge is 0.507 e. The predicted molar refractivity (Wildman–Crippen MR) is 60.1 cm³/mol. The van der Waals surface area contributed by atoms with E-state index in [1.54, 1.807) is 6.07 Å². The monoisotopic (exact) mass is 189 g/mol. The van der Waals surface area contributed by atoms with Crippen molar-refractivity contribution in [3.63, 3.8) is 0 Å². The normalized spacial score (nSPS) is 10.9. The number of hydrogen-bond acceptors (Lipinski definition) is 1. The van der Waals surface area contributed by atoms with Gasteiger partial charge in [-0.15, -0.1) is 0 Å². The molecule has 0 aliphatic heterocycles. The maximum Gasteiger partial charge on any atom is 0.123 e. The lowest BCUT2D eigenvalue weighted by molar-refractivity contribution is 0.474. The SMILES string of the molecule is CCCCCC=Cc1cc[c]cc1O. The quantitative estimate of drug-likeness (QED) is 0.699. The average molecular weight is 189 g/mol. The van der Waals surface area contributed by atoms with E-state index in [0.717, 1.165) is 12.0 Å². The van der Waals surface area contributed by atoms with Crippen LogP contribution in [0.4, 0.5) is 0 Å². The Morgan fingerprint density at radius 3 is 3.00 bits per heavy atom. The highest BCUT2D eigenvalue weighted by molar-refractivity contribution is 5.56. The van der Waals surface area contributed by atoms with Gasteiger partial charge in [0.15, 0.2) is 0 Å². The summed E-state index contributed by atoms with van der Waals surface area (Å²) in [5, 5.41) is 9.43. The van der Waals surface area contributed by atoms with Crippen molar-refractivity contribution in [3.8, 4) is 5.75 Å². The van der Waals surface area contributed by atoms with Gasteiger partial charge in [-0.2, -0.15) is 0 Å². The van der Waals surface area contributed by atoms with Crippen LogP contribution in [0.1, 0.15) is 38.2 Å². The second kappa shape index (κ2) is 6.25. The standard InChI is InChI=1S/C13H17O/c1-2-3-4-5-6-9-12-10-7-8-11-13(12)14/h6-7,9-11,14H,2-5H2,1H3. The molecule has 1 heteroatoms. The Bertz CT molecular complexity index is 289. The van der Waals surface area contributed by atoms with Crippen LogP contribution in [0.5, 0.6) is 5.75 Å². The molecule has 1 N–H and O–H groups in total. The summed E-state index contributed by atoms with van der Waals surface area (Å²) >= 11 is 0. The van der Waals surface area contributed by atoms with Gasteiger partial charge in [-0.1, -0.05) is 44.1 Å². The lowest BCUT2D eigenvalue weighted by Gasteiger charge is -1.96. The van der Waals surface area contributed by atoms with E-state index in [-0.39, 0.29) is 0 Å². The van der Waals surface area contributed by atoms with Crippen LogP contribution < -0.4 is 0 Å². The first-order chi connectivity index (χ1) is 6.84. The number of rotatable bonds is 5. The van der Waals surface area contributed by atoms with Crippen molar-refractivity contribution in [2.45, 2.75) is 32.6 Å². The van der Waals surface area contributed by atoms with Crippen LogP contribution in [-0.4, -0.2) is 5.11 Å². The van der Waals surface area contributed by atoms with Gasteiger partial charge in [-0.05, 0) is 25.0 Å². The van der Waals surface area contributed by atoms with E-state index in [1.807, 2.05) is 18.2 Å². The summed E-state index contributed by atoms with van der Waals surface area (Å²) in [6, 6.07) is 8.09. The van der Waals surface area contributed by atoms with Gasteiger partial charge in [-0.3, -0.25) is 0 Å². The zero-order valence-corrected chi connectivity index (χ0v) is 8.66. The highest BCUT2D eigenvalue weighted by atomic mass is 16.3.